The number of rotatable bonds is 6. The molecule has 0 spiro atoms. The van der Waals surface area contributed by atoms with Gasteiger partial charge in [-0.15, -0.1) is 11.3 Å². The maximum atomic E-state index is 12.2. The van der Waals surface area contributed by atoms with Gasteiger partial charge in [0.15, 0.2) is 15.0 Å². The molecule has 1 aromatic heterocycles. The molecule has 3 rings (SSSR count). The van der Waals surface area contributed by atoms with E-state index >= 15 is 0 Å². The summed E-state index contributed by atoms with van der Waals surface area (Å²) in [6.07, 6.45) is 1.72. The Morgan fingerprint density at radius 2 is 2.00 bits per heavy atom. The maximum absolute atomic E-state index is 12.2. The van der Waals surface area contributed by atoms with E-state index in [0.29, 0.717) is 30.0 Å². The van der Waals surface area contributed by atoms with E-state index in [1.54, 1.807) is 19.1 Å². The molecule has 9 heteroatoms. The molecule has 0 saturated carbocycles. The van der Waals surface area contributed by atoms with Crippen molar-refractivity contribution < 1.29 is 23.1 Å². The van der Waals surface area contributed by atoms with Crippen LogP contribution < -0.4 is 5.32 Å². The van der Waals surface area contributed by atoms with E-state index in [0.717, 1.165) is 10.6 Å². The molecule has 0 saturated heterocycles. The van der Waals surface area contributed by atoms with Crippen LogP contribution in [0.1, 0.15) is 29.5 Å². The fourth-order valence-electron chi connectivity index (χ4n) is 2.97. The van der Waals surface area contributed by atoms with Crippen molar-refractivity contribution in [1.29, 1.82) is 0 Å². The number of hydrogen-bond acceptors (Lipinski definition) is 6. The second-order valence-corrected chi connectivity index (χ2v) is 9.80. The molecule has 0 radical (unpaired) electrons. The topological polar surface area (TPSA) is 113 Å². The molecule has 1 heterocycles. The number of carboxylic acids is 1. The molecule has 1 aromatic carbocycles. The normalized spacial score (nSPS) is 16.6. The molecular weight excluding hydrogens is 388 g/mol. The Labute approximate surface area is 161 Å². The van der Waals surface area contributed by atoms with Gasteiger partial charge in [-0.2, -0.15) is 0 Å². The quantitative estimate of drug-likeness (QED) is 0.758. The number of aromatic nitrogens is 1. The summed E-state index contributed by atoms with van der Waals surface area (Å²) in [5.74, 6) is -1.40. The van der Waals surface area contributed by atoms with Crippen LogP contribution in [-0.2, 0) is 38.7 Å². The van der Waals surface area contributed by atoms with Crippen LogP contribution in [-0.4, -0.2) is 36.1 Å². The van der Waals surface area contributed by atoms with Crippen molar-refractivity contribution in [1.82, 2.24) is 4.98 Å². The summed E-state index contributed by atoms with van der Waals surface area (Å²) < 4.78 is 23.6. The van der Waals surface area contributed by atoms with Crippen LogP contribution in [0, 0.1) is 5.92 Å². The number of carboxylic acid groups (broad SMARTS) is 1. The van der Waals surface area contributed by atoms with Gasteiger partial charge in [-0.3, -0.25) is 9.59 Å². The lowest BCUT2D eigenvalue weighted by Crippen LogP contribution is -2.21. The third-order valence-corrected chi connectivity index (χ3v) is 7.35. The average Bonchev–Trinajstić information content (AvgIpc) is 3.03. The number of nitrogens with zero attached hydrogens (tertiary/aromatic N) is 1. The molecule has 27 heavy (non-hydrogen) atoms. The molecular formula is C18H20N2O5S2. The van der Waals surface area contributed by atoms with Gasteiger partial charge in [0, 0.05) is 4.88 Å². The summed E-state index contributed by atoms with van der Waals surface area (Å²) in [5.41, 5.74) is 1.57. The second-order valence-electron chi connectivity index (χ2n) is 6.44. The molecule has 1 aliphatic carbocycles. The van der Waals surface area contributed by atoms with Crippen LogP contribution in [0.4, 0.5) is 5.13 Å². The Morgan fingerprint density at radius 3 is 2.63 bits per heavy atom. The monoisotopic (exact) mass is 408 g/mol. The Morgan fingerprint density at radius 1 is 1.30 bits per heavy atom. The number of sulfone groups is 1. The van der Waals surface area contributed by atoms with Gasteiger partial charge >= 0.3 is 5.97 Å². The summed E-state index contributed by atoms with van der Waals surface area (Å²) in [4.78, 5) is 28.9. The number of hydrogen-bond donors (Lipinski definition) is 2. The highest BCUT2D eigenvalue weighted by atomic mass is 32.2. The largest absolute Gasteiger partial charge is 0.481 e. The summed E-state index contributed by atoms with van der Waals surface area (Å²) in [6, 6.07) is 6.28. The Bertz CT molecular complexity index is 964. The molecule has 2 aromatic rings. The Balaban J connectivity index is 1.63. The van der Waals surface area contributed by atoms with Crippen molar-refractivity contribution in [2.45, 2.75) is 37.5 Å². The smallest absolute Gasteiger partial charge is 0.306 e. The lowest BCUT2D eigenvalue weighted by Gasteiger charge is -2.16. The first kappa shape index (κ1) is 19.5. The minimum atomic E-state index is -3.26. The van der Waals surface area contributed by atoms with Gasteiger partial charge in [0.2, 0.25) is 5.91 Å². The molecule has 0 bridgehead atoms. The molecule has 1 unspecified atom stereocenters. The lowest BCUT2D eigenvalue weighted by atomic mass is 9.91. The van der Waals surface area contributed by atoms with E-state index in [-0.39, 0.29) is 28.9 Å². The van der Waals surface area contributed by atoms with Crippen LogP contribution >= 0.6 is 11.3 Å². The predicted molar refractivity (Wildman–Crippen MR) is 102 cm³/mol. The van der Waals surface area contributed by atoms with Crippen molar-refractivity contribution in [2.75, 3.05) is 11.1 Å². The van der Waals surface area contributed by atoms with Crippen molar-refractivity contribution >= 4 is 38.2 Å². The van der Waals surface area contributed by atoms with E-state index < -0.39 is 15.8 Å². The average molecular weight is 409 g/mol. The van der Waals surface area contributed by atoms with Gasteiger partial charge in [0.05, 0.1) is 28.7 Å². The van der Waals surface area contributed by atoms with E-state index in [1.165, 1.54) is 23.5 Å². The number of nitrogens with one attached hydrogen (secondary N) is 1. The molecule has 0 fully saturated rings. The van der Waals surface area contributed by atoms with Crippen molar-refractivity contribution in [3.63, 3.8) is 0 Å². The standard InChI is InChI=1S/C18H20N2O5S2/c1-2-27(24,25)13-6-3-11(4-7-13)9-16(21)20-18-19-14-8-5-12(17(22)23)10-15(14)26-18/h3-4,6-7,12H,2,5,8-10H2,1H3,(H,22,23)(H,19,20,21). The van der Waals surface area contributed by atoms with Crippen LogP contribution in [0.3, 0.4) is 0 Å². The first-order valence-corrected chi connectivity index (χ1v) is 11.1. The lowest BCUT2D eigenvalue weighted by molar-refractivity contribution is -0.142. The number of carbonyl (C=O) groups excluding carboxylic acids is 1. The summed E-state index contributed by atoms with van der Waals surface area (Å²) in [6.45, 7) is 1.59. The molecule has 2 N–H and O–H groups in total. The number of carbonyl (C=O) groups is 2. The van der Waals surface area contributed by atoms with Gasteiger partial charge in [0.25, 0.3) is 0 Å². The fraction of sp³-hybridized carbons (Fsp3) is 0.389. The zero-order chi connectivity index (χ0) is 19.6. The number of fused-ring (bicyclic) bond motifs is 1. The molecule has 1 atom stereocenters. The SMILES string of the molecule is CCS(=O)(=O)c1ccc(CC(=O)Nc2nc3c(s2)CC(C(=O)O)CC3)cc1. The number of thiazole rings is 1. The minimum Gasteiger partial charge on any atom is -0.481 e. The molecule has 7 nitrogen and oxygen atoms in total. The summed E-state index contributed by atoms with van der Waals surface area (Å²) in [7, 11) is -3.26. The van der Waals surface area contributed by atoms with Crippen molar-refractivity contribution in [3.05, 3.63) is 40.4 Å². The number of amides is 1. The Hall–Kier alpha value is -2.26. The highest BCUT2D eigenvalue weighted by Crippen LogP contribution is 2.32. The van der Waals surface area contributed by atoms with Crippen LogP contribution in [0.25, 0.3) is 0 Å². The van der Waals surface area contributed by atoms with Gasteiger partial charge in [0.1, 0.15) is 0 Å². The van der Waals surface area contributed by atoms with Gasteiger partial charge in [-0.1, -0.05) is 19.1 Å². The predicted octanol–water partition coefficient (Wildman–Crippen LogP) is 2.31. The highest BCUT2D eigenvalue weighted by molar-refractivity contribution is 7.91. The molecule has 144 valence electrons. The van der Waals surface area contributed by atoms with Crippen molar-refractivity contribution in [2.24, 2.45) is 5.92 Å². The van der Waals surface area contributed by atoms with Crippen molar-refractivity contribution in [3.8, 4) is 0 Å². The van der Waals surface area contributed by atoms with Gasteiger partial charge in [-0.25, -0.2) is 13.4 Å². The minimum absolute atomic E-state index is 0.0320. The fourth-order valence-corrected chi connectivity index (χ4v) is 4.96. The number of benzene rings is 1. The highest BCUT2D eigenvalue weighted by Gasteiger charge is 2.27. The van der Waals surface area contributed by atoms with E-state index in [4.69, 9.17) is 5.11 Å². The van der Waals surface area contributed by atoms with E-state index in [1.807, 2.05) is 0 Å². The van der Waals surface area contributed by atoms with Crippen LogP contribution in [0.5, 0.6) is 0 Å². The number of aryl methyl sites for hydroxylation is 1. The number of aliphatic carboxylic acids is 1. The summed E-state index contributed by atoms with van der Waals surface area (Å²) >= 11 is 1.32. The van der Waals surface area contributed by atoms with E-state index in [9.17, 15) is 18.0 Å². The zero-order valence-electron chi connectivity index (χ0n) is 14.8. The summed E-state index contributed by atoms with van der Waals surface area (Å²) in [5, 5.41) is 12.4. The maximum Gasteiger partial charge on any atom is 0.306 e. The first-order chi connectivity index (χ1) is 12.8. The van der Waals surface area contributed by atoms with Gasteiger partial charge in [-0.05, 0) is 37.0 Å². The third kappa shape index (κ3) is 4.54. The second kappa shape index (κ2) is 7.77. The molecule has 1 amide bonds. The zero-order valence-corrected chi connectivity index (χ0v) is 16.4. The van der Waals surface area contributed by atoms with Crippen LogP contribution in [0.2, 0.25) is 0 Å². The van der Waals surface area contributed by atoms with E-state index in [2.05, 4.69) is 10.3 Å². The Kier molecular flexibility index (Phi) is 5.61. The van der Waals surface area contributed by atoms with Crippen LogP contribution in [0.15, 0.2) is 29.2 Å². The van der Waals surface area contributed by atoms with Gasteiger partial charge < -0.3 is 10.4 Å². The first-order valence-electron chi connectivity index (χ1n) is 8.61. The number of anilines is 1. The molecule has 0 aliphatic heterocycles. The third-order valence-electron chi connectivity index (χ3n) is 4.56. The molecule has 1 aliphatic rings.